The Morgan fingerprint density at radius 1 is 1.00 bits per heavy atom. The number of hydrogen-bond acceptors (Lipinski definition) is 6. The molecule has 4 rings (SSSR count). The van der Waals surface area contributed by atoms with Crippen LogP contribution in [0.25, 0.3) is 0 Å². The molecule has 0 atom stereocenters. The minimum absolute atomic E-state index is 0.0617. The molecule has 1 N–H and O–H groups in total. The van der Waals surface area contributed by atoms with Crippen LogP contribution in [0, 0.1) is 13.8 Å². The second-order valence-electron chi connectivity index (χ2n) is 7.91. The molecule has 1 amide bonds. The number of nitrogens with zero attached hydrogens (tertiary/aromatic N) is 2. The van der Waals surface area contributed by atoms with E-state index in [-0.39, 0.29) is 10.8 Å². The summed E-state index contributed by atoms with van der Waals surface area (Å²) in [7, 11) is -2.01. The van der Waals surface area contributed by atoms with Crippen LogP contribution < -0.4 is 14.4 Å². The van der Waals surface area contributed by atoms with E-state index in [2.05, 4.69) is 9.62 Å². The standard InChI is InChI=1S/C24H27N3O4S2/c1-17-16-23(18(2)32-17)33(29,30)25-20-10-8-19(9-11-20)24(28)27-14-12-26(13-15-27)21-6-4-5-7-22(21)31-3/h4-11,16,25H,12-15H2,1-3H3. The van der Waals surface area contributed by atoms with Crippen LogP contribution in [0.4, 0.5) is 11.4 Å². The van der Waals surface area contributed by atoms with Gasteiger partial charge in [0.2, 0.25) is 0 Å². The molecule has 0 unspecified atom stereocenters. The molecule has 1 aromatic heterocycles. The molecule has 7 nitrogen and oxygen atoms in total. The van der Waals surface area contributed by atoms with E-state index < -0.39 is 10.0 Å². The topological polar surface area (TPSA) is 79.0 Å². The first-order chi connectivity index (χ1) is 15.8. The van der Waals surface area contributed by atoms with Crippen molar-refractivity contribution in [2.45, 2.75) is 18.7 Å². The lowest BCUT2D eigenvalue weighted by Gasteiger charge is -2.36. The van der Waals surface area contributed by atoms with Gasteiger partial charge in [-0.2, -0.15) is 0 Å². The van der Waals surface area contributed by atoms with Gasteiger partial charge in [-0.05, 0) is 56.3 Å². The Labute approximate surface area is 198 Å². The maximum atomic E-state index is 13.0. The van der Waals surface area contributed by atoms with E-state index in [9.17, 15) is 13.2 Å². The summed E-state index contributed by atoms with van der Waals surface area (Å²) in [5.74, 6) is 0.761. The molecule has 1 aliphatic rings. The second-order valence-corrected chi connectivity index (χ2v) is 11.0. The monoisotopic (exact) mass is 485 g/mol. The molecule has 1 aliphatic heterocycles. The highest BCUT2D eigenvalue weighted by Gasteiger charge is 2.24. The summed E-state index contributed by atoms with van der Waals surface area (Å²) in [5.41, 5.74) is 1.99. The third-order valence-corrected chi connectivity index (χ3v) is 8.26. The van der Waals surface area contributed by atoms with E-state index in [1.807, 2.05) is 36.1 Å². The van der Waals surface area contributed by atoms with E-state index in [1.54, 1.807) is 44.4 Å². The first kappa shape index (κ1) is 23.1. The van der Waals surface area contributed by atoms with Crippen LogP contribution in [0.15, 0.2) is 59.5 Å². The van der Waals surface area contributed by atoms with Gasteiger partial charge in [-0.15, -0.1) is 11.3 Å². The first-order valence-corrected chi connectivity index (χ1v) is 13.0. The summed E-state index contributed by atoms with van der Waals surface area (Å²) in [6.07, 6.45) is 0. The Balaban J connectivity index is 1.39. The van der Waals surface area contributed by atoms with Gasteiger partial charge in [-0.25, -0.2) is 8.42 Å². The third kappa shape index (κ3) is 4.99. The van der Waals surface area contributed by atoms with Crippen LogP contribution in [-0.4, -0.2) is 52.5 Å². The normalized spacial score (nSPS) is 14.3. The Hall–Kier alpha value is -3.04. The van der Waals surface area contributed by atoms with Crippen LogP contribution in [0.3, 0.4) is 0 Å². The molecule has 1 saturated heterocycles. The Morgan fingerprint density at radius 3 is 2.27 bits per heavy atom. The quantitative estimate of drug-likeness (QED) is 0.568. The Bertz CT molecular complexity index is 1240. The summed E-state index contributed by atoms with van der Waals surface area (Å²) in [6, 6.07) is 16.1. The van der Waals surface area contributed by atoms with Gasteiger partial charge in [0.15, 0.2) is 0 Å². The molecule has 2 heterocycles. The van der Waals surface area contributed by atoms with Crippen LogP contribution in [0.5, 0.6) is 5.75 Å². The summed E-state index contributed by atoms with van der Waals surface area (Å²) < 4.78 is 33.5. The van der Waals surface area contributed by atoms with Crippen molar-refractivity contribution >= 4 is 38.6 Å². The maximum absolute atomic E-state index is 13.0. The smallest absolute Gasteiger partial charge is 0.262 e. The largest absolute Gasteiger partial charge is 0.495 e. The fourth-order valence-electron chi connectivity index (χ4n) is 3.99. The van der Waals surface area contributed by atoms with Crippen molar-refractivity contribution in [1.82, 2.24) is 4.90 Å². The number of rotatable bonds is 6. The van der Waals surface area contributed by atoms with Gasteiger partial charge in [0.1, 0.15) is 10.6 Å². The highest BCUT2D eigenvalue weighted by atomic mass is 32.2. The first-order valence-electron chi connectivity index (χ1n) is 10.7. The summed E-state index contributed by atoms with van der Waals surface area (Å²) >= 11 is 1.45. The predicted octanol–water partition coefficient (Wildman–Crippen LogP) is 4.14. The van der Waals surface area contributed by atoms with Gasteiger partial charge < -0.3 is 14.5 Å². The third-order valence-electron chi connectivity index (χ3n) is 5.66. The average Bonchev–Trinajstić information content (AvgIpc) is 3.18. The number of carbonyl (C=O) groups excluding carboxylic acids is 1. The average molecular weight is 486 g/mol. The van der Waals surface area contributed by atoms with E-state index in [0.717, 1.165) is 21.2 Å². The van der Waals surface area contributed by atoms with Crippen molar-refractivity contribution in [2.24, 2.45) is 0 Å². The number of methoxy groups -OCH3 is 1. The lowest BCUT2D eigenvalue weighted by Crippen LogP contribution is -2.48. The van der Waals surface area contributed by atoms with E-state index in [4.69, 9.17) is 4.74 Å². The van der Waals surface area contributed by atoms with Crippen molar-refractivity contribution in [3.63, 3.8) is 0 Å². The predicted molar refractivity (Wildman–Crippen MR) is 132 cm³/mol. The highest BCUT2D eigenvalue weighted by molar-refractivity contribution is 7.93. The minimum Gasteiger partial charge on any atom is -0.495 e. The van der Waals surface area contributed by atoms with Crippen LogP contribution in [-0.2, 0) is 10.0 Å². The lowest BCUT2D eigenvalue weighted by molar-refractivity contribution is 0.0746. The van der Waals surface area contributed by atoms with Gasteiger partial charge >= 0.3 is 0 Å². The molecule has 0 spiro atoms. The molecular weight excluding hydrogens is 458 g/mol. The van der Waals surface area contributed by atoms with Crippen LogP contribution in [0.2, 0.25) is 0 Å². The number of amides is 1. The molecule has 0 radical (unpaired) electrons. The molecule has 3 aromatic rings. The molecule has 174 valence electrons. The maximum Gasteiger partial charge on any atom is 0.262 e. The van der Waals surface area contributed by atoms with Crippen LogP contribution in [0.1, 0.15) is 20.1 Å². The number of carbonyl (C=O) groups is 1. The zero-order valence-electron chi connectivity index (χ0n) is 18.9. The number of para-hydroxylation sites is 2. The number of aryl methyl sites for hydroxylation is 2. The number of nitrogens with one attached hydrogen (secondary N) is 1. The van der Waals surface area contributed by atoms with Crippen molar-refractivity contribution < 1.29 is 17.9 Å². The molecule has 0 saturated carbocycles. The van der Waals surface area contributed by atoms with Crippen molar-refractivity contribution in [3.8, 4) is 5.75 Å². The van der Waals surface area contributed by atoms with Gasteiger partial charge in [-0.1, -0.05) is 12.1 Å². The van der Waals surface area contributed by atoms with Gasteiger partial charge in [-0.3, -0.25) is 9.52 Å². The van der Waals surface area contributed by atoms with E-state index >= 15 is 0 Å². The van der Waals surface area contributed by atoms with Crippen molar-refractivity contribution in [2.75, 3.05) is 42.9 Å². The highest BCUT2D eigenvalue weighted by Crippen LogP contribution is 2.29. The van der Waals surface area contributed by atoms with Crippen molar-refractivity contribution in [1.29, 1.82) is 0 Å². The number of hydrogen-bond donors (Lipinski definition) is 1. The number of piperazine rings is 1. The van der Waals surface area contributed by atoms with Gasteiger partial charge in [0, 0.05) is 47.2 Å². The summed E-state index contributed by atoms with van der Waals surface area (Å²) in [4.78, 5) is 19.0. The molecular formula is C24H27N3O4S2. The number of anilines is 2. The fourth-order valence-corrected chi connectivity index (χ4v) is 6.60. The summed E-state index contributed by atoms with van der Waals surface area (Å²) in [5, 5.41) is 0. The zero-order valence-corrected chi connectivity index (χ0v) is 20.5. The molecule has 1 fully saturated rings. The number of sulfonamides is 1. The molecule has 9 heteroatoms. The summed E-state index contributed by atoms with van der Waals surface area (Å²) in [6.45, 7) is 6.30. The van der Waals surface area contributed by atoms with Crippen molar-refractivity contribution in [3.05, 3.63) is 69.9 Å². The number of ether oxygens (including phenoxy) is 1. The van der Waals surface area contributed by atoms with E-state index in [1.165, 1.54) is 11.3 Å². The SMILES string of the molecule is COc1ccccc1N1CCN(C(=O)c2ccc(NS(=O)(=O)c3cc(C)sc3C)cc2)CC1. The second kappa shape index (κ2) is 9.44. The number of benzene rings is 2. The Morgan fingerprint density at radius 2 is 1.67 bits per heavy atom. The van der Waals surface area contributed by atoms with Gasteiger partial charge in [0.05, 0.1) is 12.8 Å². The minimum atomic E-state index is -3.67. The fraction of sp³-hybridized carbons (Fsp3) is 0.292. The van der Waals surface area contributed by atoms with E-state index in [0.29, 0.717) is 37.4 Å². The molecule has 2 aromatic carbocycles. The molecule has 33 heavy (non-hydrogen) atoms. The molecule has 0 aliphatic carbocycles. The van der Waals surface area contributed by atoms with Crippen LogP contribution >= 0.6 is 11.3 Å². The number of thiophene rings is 1. The van der Waals surface area contributed by atoms with Gasteiger partial charge in [0.25, 0.3) is 15.9 Å². The zero-order chi connectivity index (χ0) is 23.6. The lowest BCUT2D eigenvalue weighted by atomic mass is 10.1. The molecule has 0 bridgehead atoms. The Kier molecular flexibility index (Phi) is 6.62.